The summed E-state index contributed by atoms with van der Waals surface area (Å²) in [6.45, 7) is 0.988. The Balaban J connectivity index is 1.85. The lowest BCUT2D eigenvalue weighted by atomic mass is 10.1. The van der Waals surface area contributed by atoms with Crippen LogP contribution in [0, 0.1) is 0 Å². The molecule has 1 atom stereocenters. The number of nitrogens with one attached hydrogen (secondary N) is 2. The second kappa shape index (κ2) is 5.52. The van der Waals surface area contributed by atoms with Crippen molar-refractivity contribution in [3.05, 3.63) is 18.2 Å². The molecule has 0 saturated carbocycles. The number of imidazole rings is 1. The Morgan fingerprint density at radius 1 is 1.61 bits per heavy atom. The average Bonchev–Trinajstić information content (AvgIpc) is 2.95. The second-order valence-electron chi connectivity index (χ2n) is 4.32. The number of carboxylic acids is 1. The number of hydrogen-bond acceptors (Lipinski definition) is 3. The molecule has 0 aliphatic carbocycles. The summed E-state index contributed by atoms with van der Waals surface area (Å²) >= 11 is 0. The number of likely N-dealkylation sites (tertiary alicyclic amines) is 1. The van der Waals surface area contributed by atoms with E-state index in [1.54, 1.807) is 17.4 Å². The zero-order valence-corrected chi connectivity index (χ0v) is 9.93. The van der Waals surface area contributed by atoms with Crippen LogP contribution in [0.15, 0.2) is 12.5 Å². The maximum atomic E-state index is 11.9. The molecule has 2 amide bonds. The zero-order chi connectivity index (χ0) is 13.0. The Morgan fingerprint density at radius 3 is 3.11 bits per heavy atom. The molecule has 3 N–H and O–H groups in total. The highest BCUT2D eigenvalue weighted by Gasteiger charge is 2.30. The van der Waals surface area contributed by atoms with Crippen LogP contribution in [0.1, 0.15) is 25.0 Å². The van der Waals surface area contributed by atoms with E-state index in [2.05, 4.69) is 15.3 Å². The van der Waals surface area contributed by atoms with Crippen molar-refractivity contribution in [3.8, 4) is 0 Å². The average molecular weight is 252 g/mol. The highest BCUT2D eigenvalue weighted by atomic mass is 16.4. The van der Waals surface area contributed by atoms with E-state index >= 15 is 0 Å². The van der Waals surface area contributed by atoms with Gasteiger partial charge >= 0.3 is 12.0 Å². The molecular weight excluding hydrogens is 236 g/mol. The van der Waals surface area contributed by atoms with Crippen LogP contribution in [0.3, 0.4) is 0 Å². The first-order valence-electron chi connectivity index (χ1n) is 5.90. The molecule has 2 heterocycles. The molecule has 1 fully saturated rings. The van der Waals surface area contributed by atoms with E-state index in [9.17, 15) is 9.59 Å². The third kappa shape index (κ3) is 2.99. The summed E-state index contributed by atoms with van der Waals surface area (Å²) in [5, 5.41) is 11.5. The van der Waals surface area contributed by atoms with Crippen LogP contribution in [0.25, 0.3) is 0 Å². The molecule has 1 unspecified atom stereocenters. The largest absolute Gasteiger partial charge is 0.481 e. The van der Waals surface area contributed by atoms with Crippen LogP contribution in [-0.2, 0) is 11.3 Å². The number of nitrogens with zero attached hydrogens (tertiary/aromatic N) is 2. The lowest BCUT2D eigenvalue weighted by molar-refractivity contribution is -0.137. The Hall–Kier alpha value is -2.05. The quantitative estimate of drug-likeness (QED) is 0.729. The van der Waals surface area contributed by atoms with E-state index in [1.165, 1.54) is 0 Å². The number of rotatable bonds is 4. The Morgan fingerprint density at radius 2 is 2.44 bits per heavy atom. The van der Waals surface area contributed by atoms with Gasteiger partial charge in [-0.15, -0.1) is 0 Å². The van der Waals surface area contributed by atoms with Crippen LogP contribution < -0.4 is 5.32 Å². The highest BCUT2D eigenvalue weighted by Crippen LogP contribution is 2.20. The second-order valence-corrected chi connectivity index (χ2v) is 4.32. The SMILES string of the molecule is O=C(O)CC1CCCN1C(=O)NCc1cnc[nH]1. The van der Waals surface area contributed by atoms with Crippen molar-refractivity contribution >= 4 is 12.0 Å². The maximum Gasteiger partial charge on any atom is 0.317 e. The molecule has 1 aromatic rings. The van der Waals surface area contributed by atoms with Gasteiger partial charge in [0, 0.05) is 18.8 Å². The first-order chi connectivity index (χ1) is 8.66. The first kappa shape index (κ1) is 12.4. The van der Waals surface area contributed by atoms with Gasteiger partial charge in [-0.2, -0.15) is 0 Å². The molecule has 1 saturated heterocycles. The fourth-order valence-electron chi connectivity index (χ4n) is 2.17. The minimum atomic E-state index is -0.867. The van der Waals surface area contributed by atoms with Gasteiger partial charge in [-0.05, 0) is 12.8 Å². The van der Waals surface area contributed by atoms with Crippen molar-refractivity contribution in [2.24, 2.45) is 0 Å². The molecular formula is C11H16N4O3. The lowest BCUT2D eigenvalue weighted by Crippen LogP contribution is -2.43. The third-order valence-corrected chi connectivity index (χ3v) is 3.03. The number of H-pyrrole nitrogens is 1. The summed E-state index contributed by atoms with van der Waals surface area (Å²) < 4.78 is 0. The predicted molar refractivity (Wildman–Crippen MR) is 62.8 cm³/mol. The molecule has 0 bridgehead atoms. The van der Waals surface area contributed by atoms with Gasteiger partial charge in [-0.3, -0.25) is 4.79 Å². The van der Waals surface area contributed by atoms with Gasteiger partial charge in [0.1, 0.15) is 0 Å². The Kier molecular flexibility index (Phi) is 3.81. The van der Waals surface area contributed by atoms with Crippen molar-refractivity contribution in [2.75, 3.05) is 6.54 Å². The van der Waals surface area contributed by atoms with E-state index in [-0.39, 0.29) is 18.5 Å². The van der Waals surface area contributed by atoms with Crippen molar-refractivity contribution in [1.82, 2.24) is 20.2 Å². The summed E-state index contributed by atoms with van der Waals surface area (Å²) in [7, 11) is 0. The fourth-order valence-corrected chi connectivity index (χ4v) is 2.17. The normalized spacial score (nSPS) is 18.9. The van der Waals surface area contributed by atoms with Crippen LogP contribution in [0.4, 0.5) is 4.79 Å². The van der Waals surface area contributed by atoms with Gasteiger partial charge in [0.25, 0.3) is 0 Å². The van der Waals surface area contributed by atoms with Crippen LogP contribution in [0.2, 0.25) is 0 Å². The van der Waals surface area contributed by atoms with Crippen LogP contribution in [0.5, 0.6) is 0 Å². The van der Waals surface area contributed by atoms with Crippen molar-refractivity contribution in [1.29, 1.82) is 0 Å². The monoisotopic (exact) mass is 252 g/mol. The predicted octanol–water partition coefficient (Wildman–Crippen LogP) is 0.558. The number of amides is 2. The molecule has 7 nitrogen and oxygen atoms in total. The molecule has 2 rings (SSSR count). The molecule has 0 aromatic carbocycles. The number of aromatic nitrogens is 2. The van der Waals surface area contributed by atoms with E-state index in [4.69, 9.17) is 5.11 Å². The number of carbonyl (C=O) groups is 2. The molecule has 0 radical (unpaired) electrons. The van der Waals surface area contributed by atoms with Gasteiger partial charge < -0.3 is 20.3 Å². The van der Waals surface area contributed by atoms with Gasteiger partial charge in [0.05, 0.1) is 25.0 Å². The maximum absolute atomic E-state index is 11.9. The number of aliphatic carboxylic acids is 1. The summed E-state index contributed by atoms with van der Waals surface area (Å²) in [6.07, 6.45) is 4.81. The topological polar surface area (TPSA) is 98.3 Å². The minimum absolute atomic E-state index is 0.0114. The number of urea groups is 1. The minimum Gasteiger partial charge on any atom is -0.481 e. The molecule has 0 spiro atoms. The van der Waals surface area contributed by atoms with Gasteiger partial charge in [0.2, 0.25) is 0 Å². The lowest BCUT2D eigenvalue weighted by Gasteiger charge is -2.23. The van der Waals surface area contributed by atoms with Crippen molar-refractivity contribution < 1.29 is 14.7 Å². The standard InChI is InChI=1S/C11H16N4O3/c16-10(17)4-9-2-1-3-15(9)11(18)13-6-8-5-12-7-14-8/h5,7,9H,1-4,6H2,(H,12,14)(H,13,18)(H,16,17). The first-order valence-corrected chi connectivity index (χ1v) is 5.90. The molecule has 1 aliphatic heterocycles. The van der Waals surface area contributed by atoms with E-state index < -0.39 is 5.97 Å². The molecule has 1 aromatic heterocycles. The summed E-state index contributed by atoms with van der Waals surface area (Å²) in [4.78, 5) is 31.0. The number of hydrogen-bond donors (Lipinski definition) is 3. The van der Waals surface area contributed by atoms with Crippen LogP contribution >= 0.6 is 0 Å². The van der Waals surface area contributed by atoms with E-state index in [1.807, 2.05) is 0 Å². The van der Waals surface area contributed by atoms with Gasteiger partial charge in [0.15, 0.2) is 0 Å². The van der Waals surface area contributed by atoms with Gasteiger partial charge in [-0.25, -0.2) is 9.78 Å². The number of carbonyl (C=O) groups excluding carboxylic acids is 1. The molecule has 1 aliphatic rings. The third-order valence-electron chi connectivity index (χ3n) is 3.03. The summed E-state index contributed by atoms with van der Waals surface area (Å²) in [5.74, 6) is -0.867. The van der Waals surface area contributed by atoms with Crippen molar-refractivity contribution in [2.45, 2.75) is 31.8 Å². The van der Waals surface area contributed by atoms with Crippen molar-refractivity contribution in [3.63, 3.8) is 0 Å². The Bertz CT molecular complexity index is 418. The number of aromatic amines is 1. The number of carboxylic acid groups (broad SMARTS) is 1. The Labute approximate surface area is 104 Å². The van der Waals surface area contributed by atoms with E-state index in [0.717, 1.165) is 18.5 Å². The van der Waals surface area contributed by atoms with Crippen LogP contribution in [-0.4, -0.2) is 44.6 Å². The summed E-state index contributed by atoms with van der Waals surface area (Å²) in [6, 6.07) is -0.405. The smallest absolute Gasteiger partial charge is 0.317 e. The molecule has 7 heteroatoms. The van der Waals surface area contributed by atoms with E-state index in [0.29, 0.717) is 13.1 Å². The van der Waals surface area contributed by atoms with Gasteiger partial charge in [-0.1, -0.05) is 0 Å². The zero-order valence-electron chi connectivity index (χ0n) is 9.93. The fraction of sp³-hybridized carbons (Fsp3) is 0.545. The highest BCUT2D eigenvalue weighted by molar-refractivity contribution is 5.76. The summed E-state index contributed by atoms with van der Waals surface area (Å²) in [5.41, 5.74) is 0.817. The molecule has 18 heavy (non-hydrogen) atoms. The molecule has 98 valence electrons.